The SMILES string of the molecule is Cc1cccc(CSCCNC(=O)c2cccc(S(=O)(=O)N3CCOCC3)c2)c1. The largest absolute Gasteiger partial charge is 0.379 e. The number of hydrogen-bond donors (Lipinski definition) is 1. The maximum Gasteiger partial charge on any atom is 0.251 e. The fourth-order valence-electron chi connectivity index (χ4n) is 3.06. The Labute approximate surface area is 176 Å². The molecule has 0 aliphatic carbocycles. The summed E-state index contributed by atoms with van der Waals surface area (Å²) in [4.78, 5) is 12.6. The molecule has 1 fully saturated rings. The van der Waals surface area contributed by atoms with Crippen molar-refractivity contribution < 1.29 is 17.9 Å². The van der Waals surface area contributed by atoms with Crippen LogP contribution in [0.4, 0.5) is 0 Å². The van der Waals surface area contributed by atoms with Crippen LogP contribution in [0.1, 0.15) is 21.5 Å². The topological polar surface area (TPSA) is 75.7 Å². The van der Waals surface area contributed by atoms with E-state index in [2.05, 4.69) is 30.4 Å². The molecule has 1 N–H and O–H groups in total. The van der Waals surface area contributed by atoms with E-state index in [1.807, 2.05) is 6.07 Å². The van der Waals surface area contributed by atoms with Crippen molar-refractivity contribution in [2.24, 2.45) is 0 Å². The standard InChI is InChI=1S/C21H26N2O4S2/c1-17-4-2-5-18(14-17)16-28-13-8-22-21(24)19-6-3-7-20(15-19)29(25,26)23-9-11-27-12-10-23/h2-7,14-15H,8-13,16H2,1H3,(H,22,24). The smallest absolute Gasteiger partial charge is 0.251 e. The summed E-state index contributed by atoms with van der Waals surface area (Å²) in [5, 5.41) is 2.87. The van der Waals surface area contributed by atoms with Gasteiger partial charge >= 0.3 is 0 Å². The Morgan fingerprint density at radius 1 is 1.14 bits per heavy atom. The zero-order valence-electron chi connectivity index (χ0n) is 16.5. The van der Waals surface area contributed by atoms with Crippen LogP contribution in [0.3, 0.4) is 0 Å². The molecule has 0 aromatic heterocycles. The fourth-order valence-corrected chi connectivity index (χ4v) is 5.32. The number of nitrogens with zero attached hydrogens (tertiary/aromatic N) is 1. The Morgan fingerprint density at radius 3 is 2.66 bits per heavy atom. The highest BCUT2D eigenvalue weighted by molar-refractivity contribution is 7.98. The molecule has 0 spiro atoms. The minimum atomic E-state index is -3.61. The number of amides is 1. The van der Waals surface area contributed by atoms with E-state index in [1.54, 1.807) is 23.9 Å². The highest BCUT2D eigenvalue weighted by atomic mass is 32.2. The number of benzene rings is 2. The van der Waals surface area contributed by atoms with Gasteiger partial charge < -0.3 is 10.1 Å². The van der Waals surface area contributed by atoms with Crippen molar-refractivity contribution in [3.05, 3.63) is 65.2 Å². The van der Waals surface area contributed by atoms with Gasteiger partial charge in [-0.2, -0.15) is 16.1 Å². The number of hydrogen-bond acceptors (Lipinski definition) is 5. The number of carbonyl (C=O) groups excluding carboxylic acids is 1. The second-order valence-corrected chi connectivity index (χ2v) is 9.88. The van der Waals surface area contributed by atoms with Crippen LogP contribution >= 0.6 is 11.8 Å². The summed E-state index contributed by atoms with van der Waals surface area (Å²) in [6, 6.07) is 14.6. The van der Waals surface area contributed by atoms with Crippen LogP contribution in [0.2, 0.25) is 0 Å². The molecule has 0 saturated carbocycles. The van der Waals surface area contributed by atoms with E-state index in [0.29, 0.717) is 38.4 Å². The molecule has 1 heterocycles. The van der Waals surface area contributed by atoms with Gasteiger partial charge in [0.2, 0.25) is 10.0 Å². The van der Waals surface area contributed by atoms with Crippen LogP contribution in [0.5, 0.6) is 0 Å². The van der Waals surface area contributed by atoms with Gasteiger partial charge in [-0.1, -0.05) is 35.9 Å². The number of thioether (sulfide) groups is 1. The second kappa shape index (κ2) is 10.2. The van der Waals surface area contributed by atoms with Gasteiger partial charge in [-0.15, -0.1) is 0 Å². The first-order chi connectivity index (χ1) is 14.0. The van der Waals surface area contributed by atoms with Crippen molar-refractivity contribution in [1.29, 1.82) is 0 Å². The summed E-state index contributed by atoms with van der Waals surface area (Å²) in [5.41, 5.74) is 2.86. The van der Waals surface area contributed by atoms with Crippen LogP contribution in [0.15, 0.2) is 53.4 Å². The number of ether oxygens (including phenoxy) is 1. The molecule has 0 radical (unpaired) electrons. The molecule has 156 valence electrons. The molecule has 29 heavy (non-hydrogen) atoms. The van der Waals surface area contributed by atoms with Crippen LogP contribution in [0, 0.1) is 6.92 Å². The number of sulfonamides is 1. The molecule has 3 rings (SSSR count). The first-order valence-electron chi connectivity index (χ1n) is 9.56. The fraction of sp³-hybridized carbons (Fsp3) is 0.381. The van der Waals surface area contributed by atoms with Crippen molar-refractivity contribution in [3.8, 4) is 0 Å². The lowest BCUT2D eigenvalue weighted by Gasteiger charge is -2.26. The van der Waals surface area contributed by atoms with Gasteiger partial charge in [0, 0.05) is 36.7 Å². The average molecular weight is 435 g/mol. The molecule has 0 atom stereocenters. The molecule has 1 aliphatic rings. The molecule has 2 aromatic carbocycles. The molecule has 0 bridgehead atoms. The third-order valence-corrected chi connectivity index (χ3v) is 7.51. The van der Waals surface area contributed by atoms with Crippen molar-refractivity contribution in [1.82, 2.24) is 9.62 Å². The van der Waals surface area contributed by atoms with E-state index in [-0.39, 0.29) is 10.8 Å². The molecule has 8 heteroatoms. The highest BCUT2D eigenvalue weighted by Gasteiger charge is 2.26. The summed E-state index contributed by atoms with van der Waals surface area (Å²) >= 11 is 1.75. The Morgan fingerprint density at radius 2 is 1.90 bits per heavy atom. The maximum absolute atomic E-state index is 12.8. The number of nitrogens with one attached hydrogen (secondary N) is 1. The monoisotopic (exact) mass is 434 g/mol. The van der Waals surface area contributed by atoms with E-state index < -0.39 is 10.0 Å². The minimum absolute atomic E-state index is 0.140. The van der Waals surface area contributed by atoms with Gasteiger partial charge in [0.1, 0.15) is 0 Å². The molecule has 2 aromatic rings. The molecule has 1 amide bonds. The predicted molar refractivity (Wildman–Crippen MR) is 116 cm³/mol. The lowest BCUT2D eigenvalue weighted by atomic mass is 10.2. The first kappa shape index (κ1) is 21.8. The van der Waals surface area contributed by atoms with Gasteiger partial charge in [-0.05, 0) is 30.7 Å². The van der Waals surface area contributed by atoms with Gasteiger partial charge in [-0.25, -0.2) is 8.42 Å². The third-order valence-electron chi connectivity index (χ3n) is 4.59. The van der Waals surface area contributed by atoms with Crippen LogP contribution in [-0.2, 0) is 20.5 Å². The van der Waals surface area contributed by atoms with Gasteiger partial charge in [0.05, 0.1) is 18.1 Å². The molecule has 1 saturated heterocycles. The van der Waals surface area contributed by atoms with Gasteiger partial charge in [0.25, 0.3) is 5.91 Å². The van der Waals surface area contributed by atoms with Gasteiger partial charge in [-0.3, -0.25) is 4.79 Å². The van der Waals surface area contributed by atoms with E-state index in [4.69, 9.17) is 4.74 Å². The van der Waals surface area contributed by atoms with E-state index >= 15 is 0 Å². The van der Waals surface area contributed by atoms with Crippen molar-refractivity contribution in [2.75, 3.05) is 38.6 Å². The van der Waals surface area contributed by atoms with Crippen LogP contribution in [0.25, 0.3) is 0 Å². The van der Waals surface area contributed by atoms with E-state index in [1.165, 1.54) is 27.6 Å². The summed E-state index contributed by atoms with van der Waals surface area (Å²) in [5.74, 6) is 1.41. The van der Waals surface area contributed by atoms with E-state index in [0.717, 1.165) is 11.5 Å². The number of carbonyl (C=O) groups is 1. The second-order valence-electron chi connectivity index (χ2n) is 6.84. The van der Waals surface area contributed by atoms with E-state index in [9.17, 15) is 13.2 Å². The summed E-state index contributed by atoms with van der Waals surface area (Å²) in [6.45, 7) is 4.03. The maximum atomic E-state index is 12.8. The zero-order valence-corrected chi connectivity index (χ0v) is 18.1. The van der Waals surface area contributed by atoms with Crippen LogP contribution < -0.4 is 5.32 Å². The van der Waals surface area contributed by atoms with Crippen molar-refractivity contribution in [2.45, 2.75) is 17.6 Å². The molecule has 6 nitrogen and oxygen atoms in total. The molecule has 0 unspecified atom stereocenters. The normalized spacial score (nSPS) is 15.2. The number of morpholine rings is 1. The zero-order chi connectivity index (χ0) is 20.7. The Balaban J connectivity index is 1.51. The lowest BCUT2D eigenvalue weighted by Crippen LogP contribution is -2.40. The van der Waals surface area contributed by atoms with Crippen LogP contribution in [-0.4, -0.2) is 57.2 Å². The molecule has 1 aliphatic heterocycles. The highest BCUT2D eigenvalue weighted by Crippen LogP contribution is 2.18. The lowest BCUT2D eigenvalue weighted by molar-refractivity contribution is 0.0730. The molecular formula is C21H26N2O4S2. The average Bonchev–Trinajstić information content (AvgIpc) is 2.74. The Hall–Kier alpha value is -1.87. The minimum Gasteiger partial charge on any atom is -0.379 e. The van der Waals surface area contributed by atoms with Crippen molar-refractivity contribution >= 4 is 27.7 Å². The summed E-state index contributed by atoms with van der Waals surface area (Å²) in [7, 11) is -3.61. The quantitative estimate of drug-likeness (QED) is 0.647. The molecular weight excluding hydrogens is 408 g/mol. The first-order valence-corrected chi connectivity index (χ1v) is 12.2. The number of aryl methyl sites for hydroxylation is 1. The Kier molecular flexibility index (Phi) is 7.71. The summed E-state index contributed by atoms with van der Waals surface area (Å²) in [6.07, 6.45) is 0. The predicted octanol–water partition coefficient (Wildman–Crippen LogP) is 2.68. The summed E-state index contributed by atoms with van der Waals surface area (Å²) < 4.78 is 32.1. The Bertz CT molecular complexity index is 941. The van der Waals surface area contributed by atoms with Crippen molar-refractivity contribution in [3.63, 3.8) is 0 Å². The third kappa shape index (κ3) is 6.05. The van der Waals surface area contributed by atoms with Gasteiger partial charge in [0.15, 0.2) is 0 Å². The number of rotatable bonds is 8.